The average Bonchev–Trinajstić information content (AvgIpc) is 2.38. The normalized spacial score (nSPS) is 22.4. The molecule has 1 fully saturated rings. The monoisotopic (exact) mass is 156 g/mol. The van der Waals surface area contributed by atoms with E-state index in [1.165, 1.54) is 12.8 Å². The summed E-state index contributed by atoms with van der Waals surface area (Å²) in [5.74, 6) is 2.89. The molecule has 0 amide bonds. The summed E-state index contributed by atoms with van der Waals surface area (Å²) >= 11 is -0.731. The molecule has 0 radical (unpaired) electrons. The molecule has 1 rings (SSSR count). The highest BCUT2D eigenvalue weighted by molar-refractivity contribution is 7.92. The largest absolute Gasteiger partial charge is 0.615 e. The molecule has 0 spiro atoms. The summed E-state index contributed by atoms with van der Waals surface area (Å²) in [4.78, 5) is 0. The zero-order chi connectivity index (χ0) is 7.40. The fourth-order valence-electron chi connectivity index (χ4n) is 1.35. The van der Waals surface area contributed by atoms with Crippen LogP contribution in [0.5, 0.6) is 0 Å². The molecule has 1 aliphatic rings. The summed E-state index contributed by atoms with van der Waals surface area (Å²) in [5.41, 5.74) is 0. The molecule has 1 nitrogen and oxygen atoms in total. The Morgan fingerprint density at radius 3 is 2.60 bits per heavy atom. The summed E-state index contributed by atoms with van der Waals surface area (Å²) in [6, 6.07) is 0. The van der Waals surface area contributed by atoms with Gasteiger partial charge < -0.3 is 4.55 Å². The van der Waals surface area contributed by atoms with Gasteiger partial charge in [0.2, 0.25) is 0 Å². The second-order valence-electron chi connectivity index (χ2n) is 2.64. The van der Waals surface area contributed by atoms with Gasteiger partial charge in [0, 0.05) is 0 Å². The first-order valence-corrected chi connectivity index (χ1v) is 5.03. The first kappa shape index (κ1) is 7.97. The predicted octanol–water partition coefficient (Wildman–Crippen LogP) is 1.31. The molecule has 0 aromatic heterocycles. The van der Waals surface area contributed by atoms with Crippen molar-refractivity contribution in [1.82, 2.24) is 0 Å². The smallest absolute Gasteiger partial charge is 0.165 e. The lowest BCUT2D eigenvalue weighted by Gasteiger charge is -2.13. The maximum Gasteiger partial charge on any atom is 0.165 e. The molecular formula is C8H12OS. The van der Waals surface area contributed by atoms with Crippen LogP contribution in [0, 0.1) is 12.3 Å². The van der Waals surface area contributed by atoms with Gasteiger partial charge in [-0.15, -0.1) is 6.42 Å². The minimum Gasteiger partial charge on any atom is -0.615 e. The summed E-state index contributed by atoms with van der Waals surface area (Å²) < 4.78 is 11.2. The van der Waals surface area contributed by atoms with E-state index in [9.17, 15) is 4.55 Å². The molecule has 1 unspecified atom stereocenters. The average molecular weight is 156 g/mol. The molecule has 0 saturated heterocycles. The summed E-state index contributed by atoms with van der Waals surface area (Å²) in [5, 5.41) is 0.413. The van der Waals surface area contributed by atoms with Crippen molar-refractivity contribution in [3.8, 4) is 12.3 Å². The van der Waals surface area contributed by atoms with E-state index in [-0.39, 0.29) is 0 Å². The molecule has 0 heterocycles. The lowest BCUT2D eigenvalue weighted by molar-refractivity contribution is 0.582. The van der Waals surface area contributed by atoms with Gasteiger partial charge in [-0.25, -0.2) is 0 Å². The molecular weight excluding hydrogens is 144 g/mol. The second kappa shape index (κ2) is 3.90. The van der Waals surface area contributed by atoms with Crippen LogP contribution in [0.15, 0.2) is 0 Å². The number of terminal acetylenes is 1. The molecule has 10 heavy (non-hydrogen) atoms. The van der Waals surface area contributed by atoms with Crippen LogP contribution in [-0.2, 0) is 11.2 Å². The van der Waals surface area contributed by atoms with Gasteiger partial charge in [-0.2, -0.15) is 0 Å². The molecule has 0 bridgehead atoms. The summed E-state index contributed by atoms with van der Waals surface area (Å²) in [7, 11) is 0. The van der Waals surface area contributed by atoms with Crippen molar-refractivity contribution in [3.05, 3.63) is 0 Å². The van der Waals surface area contributed by atoms with Crippen LogP contribution in [0.25, 0.3) is 0 Å². The Morgan fingerprint density at radius 1 is 1.50 bits per heavy atom. The SMILES string of the molecule is C#CC[S+]([O-])C1CCCC1. The maximum absolute atomic E-state index is 11.2. The van der Waals surface area contributed by atoms with Gasteiger partial charge in [0.05, 0.1) is 0 Å². The number of hydrogen-bond donors (Lipinski definition) is 0. The summed E-state index contributed by atoms with van der Waals surface area (Å²) in [6.07, 6.45) is 9.77. The Hall–Kier alpha value is -0.130. The Balaban J connectivity index is 2.26. The van der Waals surface area contributed by atoms with E-state index < -0.39 is 11.2 Å². The molecule has 1 saturated carbocycles. The van der Waals surface area contributed by atoms with Crippen LogP contribution >= 0.6 is 0 Å². The van der Waals surface area contributed by atoms with Crippen molar-refractivity contribution in [3.63, 3.8) is 0 Å². The lowest BCUT2D eigenvalue weighted by atomic mass is 10.4. The number of rotatable bonds is 2. The fourth-order valence-corrected chi connectivity index (χ4v) is 2.61. The molecule has 0 aromatic rings. The van der Waals surface area contributed by atoms with E-state index in [4.69, 9.17) is 6.42 Å². The van der Waals surface area contributed by atoms with Crippen LogP contribution in [0.1, 0.15) is 25.7 Å². The number of hydrogen-bond acceptors (Lipinski definition) is 1. The Morgan fingerprint density at radius 2 is 2.10 bits per heavy atom. The van der Waals surface area contributed by atoms with Crippen LogP contribution in [0.4, 0.5) is 0 Å². The minimum atomic E-state index is -0.731. The van der Waals surface area contributed by atoms with Crippen molar-refractivity contribution >= 4 is 11.2 Å². The molecule has 2 heteroatoms. The highest BCUT2D eigenvalue weighted by Crippen LogP contribution is 2.24. The van der Waals surface area contributed by atoms with Gasteiger partial charge in [-0.05, 0) is 36.9 Å². The lowest BCUT2D eigenvalue weighted by Crippen LogP contribution is -2.19. The van der Waals surface area contributed by atoms with Gasteiger partial charge in [-0.3, -0.25) is 0 Å². The highest BCUT2D eigenvalue weighted by Gasteiger charge is 2.25. The van der Waals surface area contributed by atoms with Crippen LogP contribution in [0.3, 0.4) is 0 Å². The van der Waals surface area contributed by atoms with Crippen molar-refractivity contribution in [1.29, 1.82) is 0 Å². The van der Waals surface area contributed by atoms with Crippen LogP contribution < -0.4 is 0 Å². The maximum atomic E-state index is 11.2. The van der Waals surface area contributed by atoms with E-state index in [0.717, 1.165) is 12.8 Å². The van der Waals surface area contributed by atoms with Crippen molar-refractivity contribution in [2.75, 3.05) is 5.75 Å². The molecule has 0 aliphatic heterocycles. The predicted molar refractivity (Wildman–Crippen MR) is 44.1 cm³/mol. The fraction of sp³-hybridized carbons (Fsp3) is 0.750. The van der Waals surface area contributed by atoms with E-state index >= 15 is 0 Å². The molecule has 0 N–H and O–H groups in total. The van der Waals surface area contributed by atoms with E-state index in [1.807, 2.05) is 0 Å². The Kier molecular flexibility index (Phi) is 3.11. The van der Waals surface area contributed by atoms with Gasteiger partial charge in [0.1, 0.15) is 5.25 Å². The van der Waals surface area contributed by atoms with Crippen molar-refractivity contribution in [2.24, 2.45) is 0 Å². The zero-order valence-electron chi connectivity index (χ0n) is 6.01. The van der Waals surface area contributed by atoms with Crippen LogP contribution in [0.2, 0.25) is 0 Å². The third kappa shape index (κ3) is 1.93. The van der Waals surface area contributed by atoms with Gasteiger partial charge in [-0.1, -0.05) is 5.92 Å². The third-order valence-corrected chi connectivity index (χ3v) is 3.57. The first-order chi connectivity index (χ1) is 4.84. The third-order valence-electron chi connectivity index (χ3n) is 1.90. The quantitative estimate of drug-likeness (QED) is 0.436. The van der Waals surface area contributed by atoms with Gasteiger partial charge in [0.25, 0.3) is 0 Å². The van der Waals surface area contributed by atoms with Gasteiger partial charge >= 0.3 is 0 Å². The van der Waals surface area contributed by atoms with Crippen LogP contribution in [-0.4, -0.2) is 15.6 Å². The summed E-state index contributed by atoms with van der Waals surface area (Å²) in [6.45, 7) is 0. The molecule has 1 atom stereocenters. The van der Waals surface area contributed by atoms with Gasteiger partial charge in [0.15, 0.2) is 5.75 Å². The van der Waals surface area contributed by atoms with E-state index in [0.29, 0.717) is 11.0 Å². The Labute approximate surface area is 65.4 Å². The van der Waals surface area contributed by atoms with E-state index in [2.05, 4.69) is 5.92 Å². The first-order valence-electron chi connectivity index (χ1n) is 3.65. The molecule has 56 valence electrons. The topological polar surface area (TPSA) is 23.1 Å². The Bertz CT molecular complexity index is 133. The van der Waals surface area contributed by atoms with Crippen molar-refractivity contribution < 1.29 is 4.55 Å². The molecule has 1 aliphatic carbocycles. The van der Waals surface area contributed by atoms with E-state index in [1.54, 1.807) is 0 Å². The second-order valence-corrected chi connectivity index (χ2v) is 4.35. The van der Waals surface area contributed by atoms with Crippen molar-refractivity contribution in [2.45, 2.75) is 30.9 Å². The standard InChI is InChI=1S/C8H12OS/c1-2-7-10(9)8-5-3-4-6-8/h1,8H,3-7H2. The minimum absolute atomic E-state index is 0.413. The zero-order valence-corrected chi connectivity index (χ0v) is 6.82. The molecule has 0 aromatic carbocycles. The highest BCUT2D eigenvalue weighted by atomic mass is 32.2.